The molecule has 8 heteroatoms. The van der Waals surface area contributed by atoms with Gasteiger partial charge in [0.15, 0.2) is 11.4 Å². The van der Waals surface area contributed by atoms with Crippen molar-refractivity contribution in [1.82, 2.24) is 9.78 Å². The van der Waals surface area contributed by atoms with E-state index in [4.69, 9.17) is 16.3 Å². The van der Waals surface area contributed by atoms with Gasteiger partial charge in [0.2, 0.25) is 0 Å². The van der Waals surface area contributed by atoms with Crippen LogP contribution >= 0.6 is 11.6 Å². The molecular formula is C13H10ClF3N2O2. The minimum atomic E-state index is -4.65. The van der Waals surface area contributed by atoms with E-state index in [1.165, 1.54) is 24.3 Å². The number of hydrogen-bond acceptors (Lipinski definition) is 3. The zero-order valence-corrected chi connectivity index (χ0v) is 11.6. The largest absolute Gasteiger partial charge is 0.461 e. The van der Waals surface area contributed by atoms with Gasteiger partial charge in [0, 0.05) is 11.1 Å². The van der Waals surface area contributed by atoms with Crippen molar-refractivity contribution in [3.63, 3.8) is 0 Å². The number of hydrogen-bond donors (Lipinski definition) is 0. The van der Waals surface area contributed by atoms with Crippen molar-refractivity contribution in [3.8, 4) is 5.69 Å². The number of carbonyl (C=O) groups excluding carboxylic acids is 1. The first-order valence-corrected chi connectivity index (χ1v) is 6.31. The second kappa shape index (κ2) is 5.77. The lowest BCUT2D eigenvalue weighted by atomic mass is 10.3. The first-order chi connectivity index (χ1) is 9.82. The molecule has 0 atom stereocenters. The third-order valence-corrected chi connectivity index (χ3v) is 2.81. The molecule has 0 bridgehead atoms. The Kier molecular flexibility index (Phi) is 4.22. The van der Waals surface area contributed by atoms with Gasteiger partial charge in [0.1, 0.15) is 0 Å². The number of esters is 1. The summed E-state index contributed by atoms with van der Waals surface area (Å²) in [6.45, 7) is 1.61. The Bertz CT molecular complexity index is 650. The number of halogens is 4. The third kappa shape index (κ3) is 3.36. The molecule has 0 unspecified atom stereocenters. The van der Waals surface area contributed by atoms with Crippen LogP contribution in [0.1, 0.15) is 23.1 Å². The minimum Gasteiger partial charge on any atom is -0.461 e. The molecule has 0 N–H and O–H groups in total. The second-order valence-corrected chi connectivity index (χ2v) is 4.46. The zero-order valence-electron chi connectivity index (χ0n) is 10.8. The van der Waals surface area contributed by atoms with E-state index >= 15 is 0 Å². The maximum absolute atomic E-state index is 12.8. The Balaban J connectivity index is 2.54. The molecule has 112 valence electrons. The molecule has 2 aromatic rings. The third-order valence-electron chi connectivity index (χ3n) is 2.56. The highest BCUT2D eigenvalue weighted by Crippen LogP contribution is 2.30. The predicted octanol–water partition coefficient (Wildman–Crippen LogP) is 3.72. The van der Waals surface area contributed by atoms with E-state index in [0.717, 1.165) is 4.68 Å². The Morgan fingerprint density at radius 2 is 1.95 bits per heavy atom. The van der Waals surface area contributed by atoms with Crippen LogP contribution in [0.4, 0.5) is 13.2 Å². The molecule has 0 saturated heterocycles. The lowest BCUT2D eigenvalue weighted by molar-refractivity contribution is -0.141. The van der Waals surface area contributed by atoms with Gasteiger partial charge in [-0.15, -0.1) is 0 Å². The number of benzene rings is 1. The lowest BCUT2D eigenvalue weighted by Gasteiger charge is -2.06. The average molecular weight is 319 g/mol. The van der Waals surface area contributed by atoms with Gasteiger partial charge in [-0.2, -0.15) is 18.3 Å². The Hall–Kier alpha value is -2.02. The maximum atomic E-state index is 12.8. The summed E-state index contributed by atoms with van der Waals surface area (Å²) in [5, 5.41) is 3.85. The molecule has 1 heterocycles. The van der Waals surface area contributed by atoms with Gasteiger partial charge in [-0.25, -0.2) is 9.48 Å². The fourth-order valence-corrected chi connectivity index (χ4v) is 1.78. The maximum Gasteiger partial charge on any atom is 0.435 e. The van der Waals surface area contributed by atoms with E-state index < -0.39 is 17.8 Å². The van der Waals surface area contributed by atoms with Crippen LogP contribution < -0.4 is 0 Å². The first kappa shape index (κ1) is 15.4. The van der Waals surface area contributed by atoms with E-state index in [9.17, 15) is 18.0 Å². The molecule has 0 aliphatic heterocycles. The van der Waals surface area contributed by atoms with Crippen molar-refractivity contribution in [2.45, 2.75) is 13.1 Å². The molecule has 0 aliphatic carbocycles. The monoisotopic (exact) mass is 318 g/mol. The molecule has 4 nitrogen and oxygen atoms in total. The quantitative estimate of drug-likeness (QED) is 0.810. The van der Waals surface area contributed by atoms with E-state index in [1.807, 2.05) is 0 Å². The van der Waals surface area contributed by atoms with E-state index in [1.54, 1.807) is 6.92 Å². The van der Waals surface area contributed by atoms with Gasteiger partial charge in [0.05, 0.1) is 12.3 Å². The summed E-state index contributed by atoms with van der Waals surface area (Å²) >= 11 is 5.73. The Morgan fingerprint density at radius 3 is 2.48 bits per heavy atom. The second-order valence-electron chi connectivity index (χ2n) is 4.02. The highest BCUT2D eigenvalue weighted by molar-refractivity contribution is 6.30. The SMILES string of the molecule is CCOC(=O)c1cc(C(F)(F)F)nn1-c1ccc(Cl)cc1. The number of nitrogens with zero attached hydrogens (tertiary/aromatic N) is 2. The van der Waals surface area contributed by atoms with Gasteiger partial charge >= 0.3 is 12.1 Å². The van der Waals surface area contributed by atoms with Crippen LogP contribution in [-0.4, -0.2) is 22.4 Å². The molecule has 0 aliphatic rings. The van der Waals surface area contributed by atoms with Crippen molar-refractivity contribution >= 4 is 17.6 Å². The summed E-state index contributed by atoms with van der Waals surface area (Å²) in [5.41, 5.74) is -1.19. The normalized spacial score (nSPS) is 11.5. The molecule has 0 fully saturated rings. The van der Waals surface area contributed by atoms with E-state index in [0.29, 0.717) is 11.1 Å². The fourth-order valence-electron chi connectivity index (χ4n) is 1.65. The molecule has 2 rings (SSSR count). The van der Waals surface area contributed by atoms with Crippen molar-refractivity contribution in [2.24, 2.45) is 0 Å². The van der Waals surface area contributed by atoms with Crippen LogP contribution in [0.3, 0.4) is 0 Å². The van der Waals surface area contributed by atoms with Crippen LogP contribution in [-0.2, 0) is 10.9 Å². The van der Waals surface area contributed by atoms with Gasteiger partial charge < -0.3 is 4.74 Å². The molecule has 0 spiro atoms. The standard InChI is InChI=1S/C13H10ClF3N2O2/c1-2-21-12(20)10-7-11(13(15,16)17)18-19(10)9-5-3-8(14)4-6-9/h3-7H,2H2,1H3. The number of rotatable bonds is 3. The van der Waals surface area contributed by atoms with E-state index in [-0.39, 0.29) is 18.0 Å². The smallest absolute Gasteiger partial charge is 0.435 e. The number of aromatic nitrogens is 2. The van der Waals surface area contributed by atoms with Gasteiger partial charge in [-0.05, 0) is 31.2 Å². The van der Waals surface area contributed by atoms with E-state index in [2.05, 4.69) is 5.10 Å². The summed E-state index contributed by atoms with van der Waals surface area (Å²) < 4.78 is 43.9. The van der Waals surface area contributed by atoms with Gasteiger partial charge in [-0.1, -0.05) is 11.6 Å². The topological polar surface area (TPSA) is 44.1 Å². The highest BCUT2D eigenvalue weighted by Gasteiger charge is 2.36. The van der Waals surface area contributed by atoms with Crippen molar-refractivity contribution in [2.75, 3.05) is 6.61 Å². The molecule has 0 radical (unpaired) electrons. The molecule has 0 saturated carbocycles. The average Bonchev–Trinajstić information content (AvgIpc) is 2.85. The predicted molar refractivity (Wildman–Crippen MR) is 69.5 cm³/mol. The molecule has 1 aromatic carbocycles. The summed E-state index contributed by atoms with van der Waals surface area (Å²) in [6, 6.07) is 6.55. The van der Waals surface area contributed by atoms with Crippen molar-refractivity contribution in [1.29, 1.82) is 0 Å². The Morgan fingerprint density at radius 1 is 1.33 bits per heavy atom. The summed E-state index contributed by atoms with van der Waals surface area (Å²) in [7, 11) is 0. The zero-order chi connectivity index (χ0) is 15.6. The number of alkyl halides is 3. The first-order valence-electron chi connectivity index (χ1n) is 5.93. The van der Waals surface area contributed by atoms with Crippen LogP contribution in [0.5, 0.6) is 0 Å². The molecule has 21 heavy (non-hydrogen) atoms. The van der Waals surface area contributed by atoms with Gasteiger partial charge in [0.25, 0.3) is 0 Å². The number of ether oxygens (including phenoxy) is 1. The molecule has 0 amide bonds. The highest BCUT2D eigenvalue weighted by atomic mass is 35.5. The van der Waals surface area contributed by atoms with Crippen LogP contribution in [0.2, 0.25) is 5.02 Å². The fraction of sp³-hybridized carbons (Fsp3) is 0.231. The summed E-state index contributed by atoms with van der Waals surface area (Å²) in [5.74, 6) is -0.879. The summed E-state index contributed by atoms with van der Waals surface area (Å²) in [4.78, 5) is 11.8. The van der Waals surface area contributed by atoms with Gasteiger partial charge in [-0.3, -0.25) is 0 Å². The van der Waals surface area contributed by atoms with Crippen LogP contribution in [0.25, 0.3) is 5.69 Å². The summed E-state index contributed by atoms with van der Waals surface area (Å²) in [6.07, 6.45) is -4.65. The van der Waals surface area contributed by atoms with Crippen molar-refractivity contribution < 1.29 is 22.7 Å². The minimum absolute atomic E-state index is 0.0476. The number of carbonyl (C=O) groups is 1. The lowest BCUT2D eigenvalue weighted by Crippen LogP contribution is -2.12. The molecular weight excluding hydrogens is 309 g/mol. The van der Waals surface area contributed by atoms with Crippen LogP contribution in [0.15, 0.2) is 30.3 Å². The van der Waals surface area contributed by atoms with Crippen molar-refractivity contribution in [3.05, 3.63) is 46.7 Å². The Labute approximate surface area is 123 Å². The van der Waals surface area contributed by atoms with Crippen LogP contribution in [0, 0.1) is 0 Å². The molecule has 1 aromatic heterocycles.